The average molecular weight is 325 g/mol. The van der Waals surface area contributed by atoms with Gasteiger partial charge in [0.1, 0.15) is 0 Å². The van der Waals surface area contributed by atoms with Gasteiger partial charge in [-0.15, -0.1) is 0 Å². The number of amides is 1. The molecular weight excluding hydrogens is 302 g/mol. The fraction of sp³-hybridized carbons (Fsp3) is 0.733. The summed E-state index contributed by atoms with van der Waals surface area (Å²) >= 11 is 0. The molecule has 1 amide bonds. The van der Waals surface area contributed by atoms with Crippen molar-refractivity contribution in [2.24, 2.45) is 0 Å². The highest BCUT2D eigenvalue weighted by atomic mass is 16.5. The van der Waals surface area contributed by atoms with E-state index in [1.165, 1.54) is 0 Å². The molecule has 23 heavy (non-hydrogen) atoms. The smallest absolute Gasteiger partial charge is 0.306 e. The molecule has 1 N–H and O–H groups in total. The van der Waals surface area contributed by atoms with Crippen LogP contribution in [0, 0.1) is 0 Å². The van der Waals surface area contributed by atoms with E-state index in [1.807, 2.05) is 0 Å². The Morgan fingerprint density at radius 2 is 2.22 bits per heavy atom. The molecule has 0 radical (unpaired) electrons. The Labute approximate surface area is 134 Å². The lowest BCUT2D eigenvalue weighted by Crippen LogP contribution is -2.46. The fourth-order valence-corrected chi connectivity index (χ4v) is 2.53. The highest BCUT2D eigenvalue weighted by Gasteiger charge is 2.25. The zero-order valence-electron chi connectivity index (χ0n) is 13.4. The number of ether oxygens (including phenoxy) is 1. The van der Waals surface area contributed by atoms with Crippen molar-refractivity contribution in [3.63, 3.8) is 0 Å². The van der Waals surface area contributed by atoms with Gasteiger partial charge in [-0.05, 0) is 12.8 Å². The molecule has 8 heteroatoms. The molecule has 0 bridgehead atoms. The van der Waals surface area contributed by atoms with Crippen molar-refractivity contribution in [1.82, 2.24) is 15.0 Å². The number of nitrogens with zero attached hydrogens (tertiary/aromatic N) is 3. The number of aliphatic carboxylic acids is 1. The van der Waals surface area contributed by atoms with Crippen molar-refractivity contribution in [2.75, 3.05) is 19.7 Å². The molecule has 128 valence electrons. The Morgan fingerprint density at radius 3 is 2.96 bits per heavy atom. The number of carboxylic acid groups (broad SMARTS) is 1. The van der Waals surface area contributed by atoms with Crippen LogP contribution in [-0.2, 0) is 27.2 Å². The van der Waals surface area contributed by atoms with Crippen LogP contribution in [0.5, 0.6) is 0 Å². The third-order valence-electron chi connectivity index (χ3n) is 3.66. The normalized spacial score (nSPS) is 18.1. The zero-order chi connectivity index (χ0) is 16.7. The second kappa shape index (κ2) is 8.61. The van der Waals surface area contributed by atoms with Crippen molar-refractivity contribution in [3.05, 3.63) is 11.7 Å². The number of morpholine rings is 1. The van der Waals surface area contributed by atoms with Crippen molar-refractivity contribution < 1.29 is 24.0 Å². The molecule has 0 spiro atoms. The van der Waals surface area contributed by atoms with E-state index < -0.39 is 12.1 Å². The van der Waals surface area contributed by atoms with Crippen LogP contribution in [0.1, 0.15) is 44.3 Å². The summed E-state index contributed by atoms with van der Waals surface area (Å²) in [7, 11) is 0. The van der Waals surface area contributed by atoms with Crippen molar-refractivity contribution in [3.8, 4) is 0 Å². The molecule has 1 aliphatic rings. The lowest BCUT2D eigenvalue weighted by atomic mass is 10.1. The van der Waals surface area contributed by atoms with Gasteiger partial charge in [-0.25, -0.2) is 0 Å². The van der Waals surface area contributed by atoms with Crippen LogP contribution in [0.25, 0.3) is 0 Å². The monoisotopic (exact) mass is 325 g/mol. The Hall–Kier alpha value is -1.96. The third kappa shape index (κ3) is 5.63. The number of aromatic nitrogens is 2. The summed E-state index contributed by atoms with van der Waals surface area (Å²) in [5, 5.41) is 12.7. The van der Waals surface area contributed by atoms with Crippen LogP contribution in [-0.4, -0.2) is 57.8 Å². The first-order valence-electron chi connectivity index (χ1n) is 8.01. The maximum absolute atomic E-state index is 12.2. The van der Waals surface area contributed by atoms with Gasteiger partial charge >= 0.3 is 5.97 Å². The number of carbonyl (C=O) groups excluding carboxylic acids is 1. The van der Waals surface area contributed by atoms with Crippen molar-refractivity contribution >= 4 is 11.9 Å². The van der Waals surface area contributed by atoms with Gasteiger partial charge in [0.05, 0.1) is 19.1 Å². The predicted molar refractivity (Wildman–Crippen MR) is 79.8 cm³/mol. The number of hydrogen-bond acceptors (Lipinski definition) is 6. The first-order chi connectivity index (χ1) is 11.1. The Kier molecular flexibility index (Phi) is 6.52. The summed E-state index contributed by atoms with van der Waals surface area (Å²) in [6, 6.07) is 0. The largest absolute Gasteiger partial charge is 0.481 e. The van der Waals surface area contributed by atoms with Crippen LogP contribution < -0.4 is 0 Å². The molecule has 1 fully saturated rings. The minimum absolute atomic E-state index is 0.0111. The maximum Gasteiger partial charge on any atom is 0.306 e. The highest BCUT2D eigenvalue weighted by Crippen LogP contribution is 2.12. The quantitative estimate of drug-likeness (QED) is 0.761. The van der Waals surface area contributed by atoms with Gasteiger partial charge in [-0.2, -0.15) is 4.98 Å². The molecule has 1 atom stereocenters. The summed E-state index contributed by atoms with van der Waals surface area (Å²) in [6.45, 7) is 3.28. The molecule has 0 saturated carbocycles. The highest BCUT2D eigenvalue weighted by molar-refractivity contribution is 5.76. The van der Waals surface area contributed by atoms with Crippen LogP contribution in [0.15, 0.2) is 4.52 Å². The van der Waals surface area contributed by atoms with E-state index >= 15 is 0 Å². The average Bonchev–Trinajstić information content (AvgIpc) is 2.95. The predicted octanol–water partition coefficient (Wildman–Crippen LogP) is 1.05. The number of carbonyl (C=O) groups is 2. The van der Waals surface area contributed by atoms with Gasteiger partial charge in [0.2, 0.25) is 11.8 Å². The van der Waals surface area contributed by atoms with Gasteiger partial charge in [0.25, 0.3) is 0 Å². The van der Waals surface area contributed by atoms with Gasteiger partial charge < -0.3 is 19.3 Å². The minimum Gasteiger partial charge on any atom is -0.481 e. The molecule has 2 rings (SSSR count). The summed E-state index contributed by atoms with van der Waals surface area (Å²) in [6.07, 6.45) is 2.85. The standard InChI is InChI=1S/C15H23N3O5/c1-2-4-12-16-13(23-17-12)5-3-6-14(19)18-7-8-22-11(10-18)9-15(20)21/h11H,2-10H2,1H3,(H,20,21). The molecule has 2 heterocycles. The van der Waals surface area contributed by atoms with Gasteiger partial charge in [-0.1, -0.05) is 12.1 Å². The number of hydrogen-bond donors (Lipinski definition) is 1. The van der Waals surface area contributed by atoms with Gasteiger partial charge in [0, 0.05) is 32.4 Å². The molecule has 0 aliphatic carbocycles. The summed E-state index contributed by atoms with van der Waals surface area (Å²) in [5.74, 6) is 0.367. The third-order valence-corrected chi connectivity index (χ3v) is 3.66. The van der Waals surface area contributed by atoms with Gasteiger partial charge in [-0.3, -0.25) is 9.59 Å². The van der Waals surface area contributed by atoms with Crippen LogP contribution in [0.2, 0.25) is 0 Å². The zero-order valence-corrected chi connectivity index (χ0v) is 13.4. The molecule has 1 unspecified atom stereocenters. The lowest BCUT2D eigenvalue weighted by molar-refractivity contribution is -0.147. The van der Waals surface area contributed by atoms with E-state index in [0.29, 0.717) is 50.7 Å². The summed E-state index contributed by atoms with van der Waals surface area (Å²) < 4.78 is 10.5. The maximum atomic E-state index is 12.2. The van der Waals surface area contributed by atoms with Crippen molar-refractivity contribution in [2.45, 2.75) is 51.6 Å². The Morgan fingerprint density at radius 1 is 1.39 bits per heavy atom. The van der Waals surface area contributed by atoms with Crippen LogP contribution >= 0.6 is 0 Å². The van der Waals surface area contributed by atoms with Crippen molar-refractivity contribution in [1.29, 1.82) is 0 Å². The molecule has 1 aromatic rings. The summed E-state index contributed by atoms with van der Waals surface area (Å²) in [5.41, 5.74) is 0. The second-order valence-corrected chi connectivity index (χ2v) is 5.64. The summed E-state index contributed by atoms with van der Waals surface area (Å²) in [4.78, 5) is 28.8. The molecule has 1 aliphatic heterocycles. The Bertz CT molecular complexity index is 531. The first kappa shape index (κ1) is 17.4. The number of aryl methyl sites for hydroxylation is 2. The number of rotatable bonds is 8. The van der Waals surface area contributed by atoms with E-state index in [1.54, 1.807) is 4.90 Å². The SMILES string of the molecule is CCCc1noc(CCCC(=O)N2CCOC(CC(=O)O)C2)n1. The van der Waals surface area contributed by atoms with Gasteiger partial charge in [0.15, 0.2) is 5.82 Å². The van der Waals surface area contributed by atoms with E-state index in [-0.39, 0.29) is 12.3 Å². The molecule has 0 aromatic carbocycles. The number of carboxylic acids is 1. The minimum atomic E-state index is -0.913. The first-order valence-corrected chi connectivity index (χ1v) is 8.01. The van der Waals surface area contributed by atoms with E-state index in [2.05, 4.69) is 17.1 Å². The Balaban J connectivity index is 1.72. The van der Waals surface area contributed by atoms with E-state index in [9.17, 15) is 9.59 Å². The van der Waals surface area contributed by atoms with E-state index in [4.69, 9.17) is 14.4 Å². The fourth-order valence-electron chi connectivity index (χ4n) is 2.53. The van der Waals surface area contributed by atoms with Crippen LogP contribution in [0.4, 0.5) is 0 Å². The molecule has 1 aromatic heterocycles. The van der Waals surface area contributed by atoms with E-state index in [0.717, 1.165) is 12.8 Å². The van der Waals surface area contributed by atoms with Crippen LogP contribution in [0.3, 0.4) is 0 Å². The topological polar surface area (TPSA) is 106 Å². The molecule has 8 nitrogen and oxygen atoms in total. The molecule has 1 saturated heterocycles. The second-order valence-electron chi connectivity index (χ2n) is 5.64. The molecular formula is C15H23N3O5. The lowest BCUT2D eigenvalue weighted by Gasteiger charge is -2.32.